The molecule has 164 valence electrons. The first-order chi connectivity index (χ1) is 14.9. The van der Waals surface area contributed by atoms with Gasteiger partial charge in [0.25, 0.3) is 5.91 Å². The number of benzene rings is 1. The van der Waals surface area contributed by atoms with Crippen molar-refractivity contribution in [2.24, 2.45) is 4.99 Å². The summed E-state index contributed by atoms with van der Waals surface area (Å²) in [7, 11) is 3.08. The number of rotatable bonds is 8. The van der Waals surface area contributed by atoms with Gasteiger partial charge in [0.1, 0.15) is 5.75 Å². The second kappa shape index (κ2) is 9.96. The number of amides is 1. The van der Waals surface area contributed by atoms with Crippen LogP contribution in [0.2, 0.25) is 5.02 Å². The van der Waals surface area contributed by atoms with Gasteiger partial charge in [-0.1, -0.05) is 24.6 Å². The highest BCUT2D eigenvalue weighted by molar-refractivity contribution is 6.33. The van der Waals surface area contributed by atoms with Crippen LogP contribution in [-0.4, -0.2) is 54.6 Å². The molecule has 1 aromatic heterocycles. The average molecular weight is 450 g/mol. The van der Waals surface area contributed by atoms with Crippen LogP contribution in [0.4, 0.5) is 14.6 Å². The molecule has 0 aliphatic carbocycles. The van der Waals surface area contributed by atoms with Gasteiger partial charge < -0.3 is 10.1 Å². The van der Waals surface area contributed by atoms with Gasteiger partial charge in [0.15, 0.2) is 24.3 Å². The van der Waals surface area contributed by atoms with Crippen LogP contribution in [0.5, 0.6) is 5.75 Å². The molecule has 31 heavy (non-hydrogen) atoms. The third-order valence-electron chi connectivity index (χ3n) is 5.05. The summed E-state index contributed by atoms with van der Waals surface area (Å²) in [5, 5.41) is 3.08. The van der Waals surface area contributed by atoms with E-state index >= 15 is 0 Å². The molecule has 1 aliphatic heterocycles. The van der Waals surface area contributed by atoms with E-state index in [0.29, 0.717) is 47.1 Å². The minimum Gasteiger partial charge on any atom is -0.495 e. The van der Waals surface area contributed by atoms with Crippen molar-refractivity contribution in [1.82, 2.24) is 10.3 Å². The van der Waals surface area contributed by atoms with E-state index in [1.165, 1.54) is 13.3 Å². The SMILES string of the molecule is CCc1cc(CCc2cc(C(=O)NC)cc(OC)c2Cl)cnc1N=C1C=[N+](C(F)F)C1. The Morgan fingerprint density at radius 1 is 1.32 bits per heavy atom. The zero-order chi connectivity index (χ0) is 22.5. The van der Waals surface area contributed by atoms with Crippen molar-refractivity contribution in [3.05, 3.63) is 51.7 Å². The van der Waals surface area contributed by atoms with Crippen molar-refractivity contribution in [2.75, 3.05) is 20.7 Å². The number of carbonyl (C=O) groups is 1. The van der Waals surface area contributed by atoms with E-state index < -0.39 is 6.55 Å². The number of halogens is 3. The van der Waals surface area contributed by atoms with Crippen LogP contribution in [0.3, 0.4) is 0 Å². The summed E-state index contributed by atoms with van der Waals surface area (Å²) in [5.41, 5.74) is 3.80. The third kappa shape index (κ3) is 5.25. The standard InChI is InChI=1S/C22H23ClF2N4O2/c1-4-14-7-13(10-27-20(14)28-17-11-29(12-17)22(24)25)5-6-15-8-16(21(30)26-2)9-18(31-3)19(15)23/h7-11,22H,4-6,12H2,1-3H3/p+1. The zero-order valence-corrected chi connectivity index (χ0v) is 18.3. The number of aryl methyl sites for hydroxylation is 3. The molecule has 0 saturated carbocycles. The Morgan fingerprint density at radius 2 is 2.06 bits per heavy atom. The molecule has 2 aromatic rings. The zero-order valence-electron chi connectivity index (χ0n) is 17.6. The number of carbonyl (C=O) groups excluding carboxylic acids is 1. The van der Waals surface area contributed by atoms with Crippen LogP contribution < -0.4 is 10.1 Å². The van der Waals surface area contributed by atoms with Gasteiger partial charge in [0, 0.05) is 18.8 Å². The van der Waals surface area contributed by atoms with Gasteiger partial charge in [0.2, 0.25) is 0 Å². The summed E-state index contributed by atoms with van der Waals surface area (Å²) in [4.78, 5) is 20.9. The molecule has 0 spiro atoms. The quantitative estimate of drug-likeness (QED) is 0.492. The monoisotopic (exact) mass is 449 g/mol. The van der Waals surface area contributed by atoms with Crippen molar-refractivity contribution in [1.29, 1.82) is 0 Å². The molecule has 0 atom stereocenters. The number of ether oxygens (including phenoxy) is 1. The minimum absolute atomic E-state index is 0.117. The number of nitrogens with zero attached hydrogens (tertiary/aromatic N) is 3. The third-order valence-corrected chi connectivity index (χ3v) is 5.48. The Bertz CT molecular complexity index is 1050. The van der Waals surface area contributed by atoms with Gasteiger partial charge in [-0.3, -0.25) is 4.79 Å². The lowest BCUT2D eigenvalue weighted by molar-refractivity contribution is -0.617. The summed E-state index contributed by atoms with van der Waals surface area (Å²) in [6.07, 6.45) is 5.04. The maximum absolute atomic E-state index is 12.6. The molecule has 2 heterocycles. The van der Waals surface area contributed by atoms with Gasteiger partial charge in [-0.25, -0.2) is 9.98 Å². The number of alkyl halides is 2. The van der Waals surface area contributed by atoms with Crippen molar-refractivity contribution in [2.45, 2.75) is 32.7 Å². The van der Waals surface area contributed by atoms with Crippen LogP contribution in [-0.2, 0) is 19.3 Å². The first kappa shape index (κ1) is 22.8. The van der Waals surface area contributed by atoms with Crippen LogP contribution in [0.15, 0.2) is 29.4 Å². The average Bonchev–Trinajstić information content (AvgIpc) is 2.74. The molecule has 0 unspecified atom stereocenters. The van der Waals surface area contributed by atoms with E-state index in [4.69, 9.17) is 16.3 Å². The molecule has 0 bridgehead atoms. The Kier molecular flexibility index (Phi) is 7.33. The number of aromatic nitrogens is 1. The van der Waals surface area contributed by atoms with Crippen LogP contribution in [0.25, 0.3) is 0 Å². The molecule has 6 nitrogen and oxygen atoms in total. The van der Waals surface area contributed by atoms with E-state index in [1.54, 1.807) is 25.4 Å². The summed E-state index contributed by atoms with van der Waals surface area (Å²) < 4.78 is 31.4. The largest absolute Gasteiger partial charge is 0.495 e. The fourth-order valence-electron chi connectivity index (χ4n) is 3.27. The lowest BCUT2D eigenvalue weighted by Gasteiger charge is -2.13. The fraction of sp³-hybridized carbons (Fsp3) is 0.364. The highest BCUT2D eigenvalue weighted by Gasteiger charge is 2.30. The number of nitrogens with one attached hydrogen (secondary N) is 1. The van der Waals surface area contributed by atoms with Gasteiger partial charge >= 0.3 is 6.55 Å². The summed E-state index contributed by atoms with van der Waals surface area (Å²) in [6, 6.07) is 5.39. The summed E-state index contributed by atoms with van der Waals surface area (Å²) in [5.74, 6) is 0.784. The van der Waals surface area contributed by atoms with E-state index in [1.807, 2.05) is 13.0 Å². The molecular formula is C22H24ClF2N4O2+. The maximum atomic E-state index is 12.6. The Morgan fingerprint density at radius 3 is 2.68 bits per heavy atom. The van der Waals surface area contributed by atoms with Gasteiger partial charge in [0.05, 0.1) is 12.1 Å². The molecular weight excluding hydrogens is 426 g/mol. The lowest BCUT2D eigenvalue weighted by Crippen LogP contribution is -2.39. The second-order valence-electron chi connectivity index (χ2n) is 7.09. The first-order valence-electron chi connectivity index (χ1n) is 9.88. The van der Waals surface area contributed by atoms with E-state index in [-0.39, 0.29) is 12.5 Å². The Hall–Kier alpha value is -2.87. The highest BCUT2D eigenvalue weighted by atomic mass is 35.5. The van der Waals surface area contributed by atoms with Gasteiger partial charge in [-0.2, -0.15) is 4.58 Å². The molecule has 0 saturated heterocycles. The van der Waals surface area contributed by atoms with Crippen LogP contribution in [0.1, 0.15) is 34.0 Å². The lowest BCUT2D eigenvalue weighted by atomic mass is 10.0. The van der Waals surface area contributed by atoms with Gasteiger partial charge in [-0.05, 0) is 48.1 Å². The topological polar surface area (TPSA) is 66.6 Å². The van der Waals surface area contributed by atoms with Gasteiger partial charge in [-0.15, -0.1) is 8.78 Å². The maximum Gasteiger partial charge on any atom is 0.446 e. The molecule has 0 fully saturated rings. The first-order valence-corrected chi connectivity index (χ1v) is 10.3. The number of hydrogen-bond donors (Lipinski definition) is 1. The normalized spacial score (nSPS) is 14.4. The predicted octanol–water partition coefficient (Wildman–Crippen LogP) is 3.84. The van der Waals surface area contributed by atoms with Crippen molar-refractivity contribution in [3.8, 4) is 5.75 Å². The summed E-state index contributed by atoms with van der Waals surface area (Å²) in [6.45, 7) is -0.395. The molecule has 0 radical (unpaired) electrons. The highest BCUT2D eigenvalue weighted by Crippen LogP contribution is 2.31. The number of methoxy groups -OCH3 is 1. The molecule has 1 N–H and O–H groups in total. The van der Waals surface area contributed by atoms with Crippen molar-refractivity contribution < 1.29 is 22.9 Å². The Labute approximate surface area is 184 Å². The molecule has 1 amide bonds. The van der Waals surface area contributed by atoms with Crippen LogP contribution in [0, 0.1) is 0 Å². The van der Waals surface area contributed by atoms with Crippen LogP contribution >= 0.6 is 11.6 Å². The van der Waals surface area contributed by atoms with Crippen molar-refractivity contribution >= 4 is 35.3 Å². The number of aliphatic imine (C=N–C) groups is 1. The van der Waals surface area contributed by atoms with E-state index in [9.17, 15) is 13.6 Å². The van der Waals surface area contributed by atoms with E-state index in [0.717, 1.165) is 21.3 Å². The predicted molar refractivity (Wildman–Crippen MR) is 117 cm³/mol. The van der Waals surface area contributed by atoms with Crippen molar-refractivity contribution in [3.63, 3.8) is 0 Å². The van der Waals surface area contributed by atoms with E-state index in [2.05, 4.69) is 15.3 Å². The molecule has 3 rings (SSSR count). The fourth-order valence-corrected chi connectivity index (χ4v) is 3.55. The second-order valence-corrected chi connectivity index (χ2v) is 7.47. The summed E-state index contributed by atoms with van der Waals surface area (Å²) >= 11 is 6.44. The molecule has 1 aromatic carbocycles. The molecule has 1 aliphatic rings. The smallest absolute Gasteiger partial charge is 0.446 e. The number of hydrogen-bond acceptors (Lipinski definition) is 4. The Balaban J connectivity index is 1.78. The minimum atomic E-state index is -2.51. The number of pyridine rings is 1. The molecule has 9 heteroatoms.